The van der Waals surface area contributed by atoms with Crippen molar-refractivity contribution >= 4 is 5.78 Å². The molecule has 1 rings (SSSR count). The normalized spacial score (nSPS) is 36.9. The highest BCUT2D eigenvalue weighted by atomic mass is 16.3. The number of hydrogen-bond donors (Lipinski definition) is 2. The summed E-state index contributed by atoms with van der Waals surface area (Å²) in [6.07, 6.45) is -0.233. The highest BCUT2D eigenvalue weighted by Gasteiger charge is 2.24. The van der Waals surface area contributed by atoms with Crippen molar-refractivity contribution in [3.63, 3.8) is 0 Å². The Morgan fingerprint density at radius 2 is 2.00 bits per heavy atom. The van der Waals surface area contributed by atoms with E-state index in [9.17, 15) is 4.79 Å². The molecule has 0 radical (unpaired) electrons. The molecule has 1 saturated carbocycles. The van der Waals surface area contributed by atoms with Gasteiger partial charge in [0.2, 0.25) is 0 Å². The van der Waals surface area contributed by atoms with Crippen LogP contribution >= 0.6 is 0 Å². The van der Waals surface area contributed by atoms with Gasteiger partial charge in [-0.05, 0) is 12.8 Å². The number of ketones is 1. The Kier molecular flexibility index (Phi) is 1.83. The minimum absolute atomic E-state index is 0.126. The van der Waals surface area contributed by atoms with Gasteiger partial charge in [0.05, 0.1) is 6.10 Å². The monoisotopic (exact) mass is 130 g/mol. The average Bonchev–Trinajstić information content (AvgIpc) is 1.80. The van der Waals surface area contributed by atoms with Crippen molar-refractivity contribution in [1.82, 2.24) is 0 Å². The van der Waals surface area contributed by atoms with Crippen LogP contribution in [0.1, 0.15) is 19.3 Å². The Hall–Kier alpha value is -0.410. The highest BCUT2D eigenvalue weighted by Crippen LogP contribution is 2.14. The molecule has 0 amide bonds. The zero-order valence-electron chi connectivity index (χ0n) is 5.08. The Morgan fingerprint density at radius 3 is 2.44 bits per heavy atom. The van der Waals surface area contributed by atoms with Gasteiger partial charge in [-0.25, -0.2) is 0 Å². The zero-order chi connectivity index (χ0) is 6.85. The number of aliphatic hydroxyl groups is 2. The fourth-order valence-corrected chi connectivity index (χ4v) is 0.982. The molecule has 1 aliphatic carbocycles. The minimum atomic E-state index is -0.812. The molecule has 0 heterocycles. The van der Waals surface area contributed by atoms with Gasteiger partial charge in [0, 0.05) is 6.42 Å². The molecule has 2 atom stereocenters. The van der Waals surface area contributed by atoms with Crippen LogP contribution in [0.4, 0.5) is 0 Å². The van der Waals surface area contributed by atoms with Crippen molar-refractivity contribution in [2.24, 2.45) is 0 Å². The third kappa shape index (κ3) is 1.50. The van der Waals surface area contributed by atoms with Gasteiger partial charge in [0.15, 0.2) is 5.78 Å². The number of aliphatic hydroxyl groups excluding tert-OH is 2. The maximum atomic E-state index is 10.6. The Balaban J connectivity index is 2.44. The van der Waals surface area contributed by atoms with E-state index in [1.165, 1.54) is 0 Å². The van der Waals surface area contributed by atoms with Crippen LogP contribution in [0, 0.1) is 0 Å². The Morgan fingerprint density at radius 1 is 1.33 bits per heavy atom. The van der Waals surface area contributed by atoms with Crippen LogP contribution in [-0.2, 0) is 4.79 Å². The first-order valence-corrected chi connectivity index (χ1v) is 3.09. The SMILES string of the molecule is O=C1C[C@@H](O)CC[C@@H]1O. The number of Topliss-reactive ketones (excluding diaryl/α,β-unsaturated/α-hetero) is 1. The van der Waals surface area contributed by atoms with Crippen LogP contribution < -0.4 is 0 Å². The predicted molar refractivity (Wildman–Crippen MR) is 30.9 cm³/mol. The van der Waals surface area contributed by atoms with Crippen molar-refractivity contribution in [1.29, 1.82) is 0 Å². The number of rotatable bonds is 0. The lowest BCUT2D eigenvalue weighted by molar-refractivity contribution is -0.132. The Labute approximate surface area is 53.3 Å². The molecule has 0 aromatic rings. The fraction of sp³-hybridized carbons (Fsp3) is 0.833. The highest BCUT2D eigenvalue weighted by molar-refractivity contribution is 5.83. The molecule has 2 N–H and O–H groups in total. The zero-order valence-corrected chi connectivity index (χ0v) is 5.08. The molecular weight excluding hydrogens is 120 g/mol. The summed E-state index contributed by atoms with van der Waals surface area (Å²) in [4.78, 5) is 10.6. The maximum Gasteiger partial charge on any atom is 0.163 e. The number of carbonyl (C=O) groups is 1. The molecule has 0 spiro atoms. The summed E-state index contributed by atoms with van der Waals surface area (Å²) in [7, 11) is 0. The van der Waals surface area contributed by atoms with E-state index in [0.717, 1.165) is 0 Å². The van der Waals surface area contributed by atoms with Crippen molar-refractivity contribution in [2.75, 3.05) is 0 Å². The summed E-state index contributed by atoms with van der Waals surface area (Å²) in [6.45, 7) is 0. The third-order valence-electron chi connectivity index (χ3n) is 1.58. The summed E-state index contributed by atoms with van der Waals surface area (Å²) in [5, 5.41) is 17.7. The van der Waals surface area contributed by atoms with Gasteiger partial charge in [0.25, 0.3) is 0 Å². The van der Waals surface area contributed by atoms with E-state index in [-0.39, 0.29) is 12.2 Å². The topological polar surface area (TPSA) is 57.5 Å². The van der Waals surface area contributed by atoms with Gasteiger partial charge in [-0.3, -0.25) is 4.79 Å². The van der Waals surface area contributed by atoms with Crippen LogP contribution in [0.25, 0.3) is 0 Å². The molecule has 0 aromatic carbocycles. The summed E-state index contributed by atoms with van der Waals surface area (Å²) in [5.74, 6) is -0.228. The molecule has 1 fully saturated rings. The van der Waals surface area contributed by atoms with Crippen LogP contribution in [0.5, 0.6) is 0 Å². The van der Waals surface area contributed by atoms with Crippen molar-refractivity contribution in [3.05, 3.63) is 0 Å². The molecule has 0 saturated heterocycles. The molecule has 3 heteroatoms. The summed E-state index contributed by atoms with van der Waals surface area (Å²) >= 11 is 0. The van der Waals surface area contributed by atoms with Gasteiger partial charge in [0.1, 0.15) is 6.10 Å². The second-order valence-electron chi connectivity index (χ2n) is 2.42. The van der Waals surface area contributed by atoms with Crippen molar-refractivity contribution < 1.29 is 15.0 Å². The Bertz CT molecular complexity index is 121. The molecule has 3 nitrogen and oxygen atoms in total. The molecule has 52 valence electrons. The summed E-state index contributed by atoms with van der Waals surface area (Å²) in [5.41, 5.74) is 0. The van der Waals surface area contributed by atoms with E-state index < -0.39 is 12.2 Å². The number of hydrogen-bond acceptors (Lipinski definition) is 3. The van der Waals surface area contributed by atoms with Crippen LogP contribution in [0.15, 0.2) is 0 Å². The predicted octanol–water partition coefficient (Wildman–Crippen LogP) is -0.539. The maximum absolute atomic E-state index is 10.6. The smallest absolute Gasteiger partial charge is 0.163 e. The lowest BCUT2D eigenvalue weighted by Crippen LogP contribution is -2.31. The molecule has 0 bridgehead atoms. The molecule has 0 unspecified atom stereocenters. The van der Waals surface area contributed by atoms with Crippen LogP contribution in [0.3, 0.4) is 0 Å². The minimum Gasteiger partial charge on any atom is -0.393 e. The van der Waals surface area contributed by atoms with Crippen molar-refractivity contribution in [2.45, 2.75) is 31.5 Å². The van der Waals surface area contributed by atoms with E-state index in [1.54, 1.807) is 0 Å². The quantitative estimate of drug-likeness (QED) is 0.463. The van der Waals surface area contributed by atoms with Gasteiger partial charge in [-0.15, -0.1) is 0 Å². The number of carbonyl (C=O) groups excluding carboxylic acids is 1. The molecule has 0 aromatic heterocycles. The summed E-state index contributed by atoms with van der Waals surface area (Å²) < 4.78 is 0. The van der Waals surface area contributed by atoms with Crippen LogP contribution in [-0.4, -0.2) is 28.2 Å². The average molecular weight is 130 g/mol. The molecule has 1 aliphatic rings. The van der Waals surface area contributed by atoms with Crippen molar-refractivity contribution in [3.8, 4) is 0 Å². The van der Waals surface area contributed by atoms with Gasteiger partial charge < -0.3 is 10.2 Å². The lowest BCUT2D eigenvalue weighted by Gasteiger charge is -2.19. The van der Waals surface area contributed by atoms with E-state index in [1.807, 2.05) is 0 Å². The van der Waals surface area contributed by atoms with E-state index in [0.29, 0.717) is 12.8 Å². The lowest BCUT2D eigenvalue weighted by atomic mass is 9.94. The largest absolute Gasteiger partial charge is 0.393 e. The third-order valence-corrected chi connectivity index (χ3v) is 1.58. The first kappa shape index (κ1) is 6.71. The fourth-order valence-electron chi connectivity index (χ4n) is 0.982. The van der Waals surface area contributed by atoms with Gasteiger partial charge >= 0.3 is 0 Å². The van der Waals surface area contributed by atoms with E-state index in [4.69, 9.17) is 10.2 Å². The molecular formula is C6H10O3. The second kappa shape index (κ2) is 2.45. The van der Waals surface area contributed by atoms with Crippen LogP contribution in [0.2, 0.25) is 0 Å². The summed E-state index contributed by atoms with van der Waals surface area (Å²) in [6, 6.07) is 0. The second-order valence-corrected chi connectivity index (χ2v) is 2.42. The van der Waals surface area contributed by atoms with E-state index in [2.05, 4.69) is 0 Å². The van der Waals surface area contributed by atoms with Gasteiger partial charge in [-0.1, -0.05) is 0 Å². The molecule has 9 heavy (non-hydrogen) atoms. The molecule has 0 aliphatic heterocycles. The standard InChI is InChI=1S/C6H10O3/c7-4-1-2-5(8)6(9)3-4/h4-5,7-8H,1-3H2/t4-,5-/m0/s1. The van der Waals surface area contributed by atoms with Gasteiger partial charge in [-0.2, -0.15) is 0 Å². The first-order chi connectivity index (χ1) is 4.20. The van der Waals surface area contributed by atoms with E-state index >= 15 is 0 Å². The first-order valence-electron chi connectivity index (χ1n) is 3.09.